The molecule has 0 atom stereocenters. The number of carbonyl (C=O) groups excluding carboxylic acids is 2. The summed E-state index contributed by atoms with van der Waals surface area (Å²) >= 11 is 0. The van der Waals surface area contributed by atoms with Crippen LogP contribution in [-0.4, -0.2) is 42.2 Å². The number of rotatable bonds is 3. The maximum absolute atomic E-state index is 12.5. The van der Waals surface area contributed by atoms with Gasteiger partial charge in [0.25, 0.3) is 0 Å². The molecule has 1 saturated heterocycles. The van der Waals surface area contributed by atoms with Crippen LogP contribution in [0.25, 0.3) is 0 Å². The number of amides is 3. The van der Waals surface area contributed by atoms with Gasteiger partial charge in [-0.05, 0) is 12.8 Å². The molecule has 0 saturated carbocycles. The van der Waals surface area contributed by atoms with Crippen LogP contribution in [0.3, 0.4) is 0 Å². The maximum atomic E-state index is 12.5. The fourth-order valence-electron chi connectivity index (χ4n) is 2.39. The number of nitrogens with zero attached hydrogens (tertiary/aromatic N) is 2. The molecule has 3 amide bonds. The van der Waals surface area contributed by atoms with Gasteiger partial charge in [0.2, 0.25) is 5.91 Å². The smallest absolute Gasteiger partial charge is 0.313 e. The molecule has 1 heterocycles. The lowest BCUT2D eigenvalue weighted by atomic mass is 9.92. The number of hydrogen-bond donors (Lipinski definition) is 0. The molecule has 4 nitrogen and oxygen atoms in total. The van der Waals surface area contributed by atoms with Crippen molar-refractivity contribution in [2.24, 2.45) is 0 Å². The molecular weight excluding hydrogens is 220 g/mol. The zero-order valence-electron chi connectivity index (χ0n) is 11.1. The lowest BCUT2D eigenvalue weighted by molar-refractivity contribution is -0.130. The van der Waals surface area contributed by atoms with Crippen molar-refractivity contribution in [3.63, 3.8) is 0 Å². The third kappa shape index (κ3) is 1.57. The molecule has 1 aliphatic rings. The van der Waals surface area contributed by atoms with Gasteiger partial charge in [0, 0.05) is 7.05 Å². The van der Waals surface area contributed by atoms with Crippen LogP contribution < -0.4 is 0 Å². The highest BCUT2D eigenvalue weighted by atomic mass is 28.3. The van der Waals surface area contributed by atoms with Crippen molar-refractivity contribution in [3.8, 4) is 0 Å². The van der Waals surface area contributed by atoms with Gasteiger partial charge in [-0.3, -0.25) is 9.36 Å². The van der Waals surface area contributed by atoms with Crippen LogP contribution in [0.2, 0.25) is 19.6 Å². The molecule has 1 fully saturated rings. The van der Waals surface area contributed by atoms with Gasteiger partial charge < -0.3 is 4.90 Å². The van der Waals surface area contributed by atoms with Crippen molar-refractivity contribution in [1.82, 2.24) is 9.47 Å². The summed E-state index contributed by atoms with van der Waals surface area (Å²) in [5, 5.41) is 0. The molecule has 0 N–H and O–H groups in total. The summed E-state index contributed by atoms with van der Waals surface area (Å²) in [6, 6.07) is -0.118. The summed E-state index contributed by atoms with van der Waals surface area (Å²) in [4.78, 5) is 26.2. The van der Waals surface area contributed by atoms with E-state index in [0.29, 0.717) is 12.8 Å². The van der Waals surface area contributed by atoms with E-state index in [1.54, 1.807) is 11.9 Å². The highest BCUT2D eigenvalue weighted by Crippen LogP contribution is 2.35. The number of urea groups is 1. The third-order valence-corrected chi connectivity index (χ3v) is 5.30. The highest BCUT2D eigenvalue weighted by molar-refractivity contribution is 6.78. The number of imide groups is 1. The van der Waals surface area contributed by atoms with Crippen molar-refractivity contribution >= 4 is 20.2 Å². The fraction of sp³-hybridized carbons (Fsp3) is 0.818. The van der Waals surface area contributed by atoms with E-state index in [9.17, 15) is 9.59 Å². The molecule has 0 spiro atoms. The molecule has 1 rings (SSSR count). The average molecular weight is 242 g/mol. The predicted molar refractivity (Wildman–Crippen MR) is 66.7 cm³/mol. The average Bonchev–Trinajstić information content (AvgIpc) is 2.36. The topological polar surface area (TPSA) is 40.6 Å². The van der Waals surface area contributed by atoms with Crippen molar-refractivity contribution in [1.29, 1.82) is 0 Å². The zero-order valence-corrected chi connectivity index (χ0v) is 12.1. The summed E-state index contributed by atoms with van der Waals surface area (Å²) in [5.74, 6) is 0.00386. The molecule has 0 aromatic rings. The van der Waals surface area contributed by atoms with Gasteiger partial charge >= 0.3 is 6.03 Å². The second-order valence-corrected chi connectivity index (χ2v) is 10.2. The molecule has 1 aliphatic heterocycles. The van der Waals surface area contributed by atoms with Crippen LogP contribution in [0, 0.1) is 0 Å². The van der Waals surface area contributed by atoms with E-state index in [0.717, 1.165) is 0 Å². The molecule has 0 radical (unpaired) electrons. The third-order valence-electron chi connectivity index (χ3n) is 3.56. The van der Waals surface area contributed by atoms with E-state index in [4.69, 9.17) is 0 Å². The van der Waals surface area contributed by atoms with E-state index in [1.165, 1.54) is 4.57 Å². The Kier molecular flexibility index (Phi) is 3.20. The lowest BCUT2D eigenvalue weighted by Gasteiger charge is -2.31. The Morgan fingerprint density at radius 3 is 1.75 bits per heavy atom. The van der Waals surface area contributed by atoms with Crippen molar-refractivity contribution < 1.29 is 9.59 Å². The van der Waals surface area contributed by atoms with Crippen LogP contribution in [-0.2, 0) is 4.79 Å². The second-order valence-electron chi connectivity index (χ2n) is 5.39. The van der Waals surface area contributed by atoms with Crippen molar-refractivity contribution in [2.45, 2.75) is 51.9 Å². The van der Waals surface area contributed by atoms with E-state index in [1.807, 2.05) is 33.5 Å². The van der Waals surface area contributed by atoms with E-state index in [2.05, 4.69) is 0 Å². The first kappa shape index (κ1) is 13.2. The van der Waals surface area contributed by atoms with Gasteiger partial charge in [0.05, 0.1) is 0 Å². The van der Waals surface area contributed by atoms with Gasteiger partial charge in [0.15, 0.2) is 8.24 Å². The minimum Gasteiger partial charge on any atom is -0.313 e. The standard InChI is InChI=1S/C11H22N2O2Si/c1-7-11(8-2)9(14)13(16(4,5)6)10(15)12(11)3/h7-8H2,1-6H3. The molecule has 0 aromatic heterocycles. The van der Waals surface area contributed by atoms with Gasteiger partial charge in [-0.25, -0.2) is 4.79 Å². The minimum atomic E-state index is -1.92. The maximum Gasteiger partial charge on any atom is 0.319 e. The van der Waals surface area contributed by atoms with Crippen molar-refractivity contribution in [3.05, 3.63) is 0 Å². The molecule has 0 bridgehead atoms. The van der Waals surface area contributed by atoms with Gasteiger partial charge in [-0.2, -0.15) is 0 Å². The Balaban J connectivity index is 3.23. The first-order valence-electron chi connectivity index (χ1n) is 5.84. The summed E-state index contributed by atoms with van der Waals surface area (Å²) in [7, 11) is -0.177. The Morgan fingerprint density at radius 2 is 1.56 bits per heavy atom. The van der Waals surface area contributed by atoms with Crippen LogP contribution in [0.15, 0.2) is 0 Å². The van der Waals surface area contributed by atoms with Crippen molar-refractivity contribution in [2.75, 3.05) is 7.05 Å². The van der Waals surface area contributed by atoms with E-state index < -0.39 is 13.8 Å². The lowest BCUT2D eigenvalue weighted by Crippen LogP contribution is -2.52. The highest BCUT2D eigenvalue weighted by Gasteiger charge is 2.56. The van der Waals surface area contributed by atoms with E-state index in [-0.39, 0.29) is 11.9 Å². The van der Waals surface area contributed by atoms with Crippen LogP contribution in [0.4, 0.5) is 4.79 Å². The molecule has 0 aromatic carbocycles. The Labute approximate surface area is 98.7 Å². The fourth-order valence-corrected chi connectivity index (χ4v) is 3.93. The summed E-state index contributed by atoms with van der Waals surface area (Å²) in [6.45, 7) is 10.0. The zero-order chi connectivity index (χ0) is 12.7. The SMILES string of the molecule is CCC1(CC)C(=O)N([Si](C)(C)C)C(=O)N1C. The quantitative estimate of drug-likeness (QED) is 0.563. The van der Waals surface area contributed by atoms with Crippen LogP contribution in [0.5, 0.6) is 0 Å². The first-order valence-corrected chi connectivity index (χ1v) is 9.29. The summed E-state index contributed by atoms with van der Waals surface area (Å²) in [5.41, 5.74) is -0.600. The number of carbonyl (C=O) groups is 2. The minimum absolute atomic E-state index is 0.00386. The molecule has 0 aliphatic carbocycles. The molecule has 16 heavy (non-hydrogen) atoms. The predicted octanol–water partition coefficient (Wildman–Crippen LogP) is 2.27. The molecule has 92 valence electrons. The largest absolute Gasteiger partial charge is 0.319 e. The second kappa shape index (κ2) is 3.87. The van der Waals surface area contributed by atoms with Crippen LogP contribution in [0.1, 0.15) is 26.7 Å². The van der Waals surface area contributed by atoms with Gasteiger partial charge in [0.1, 0.15) is 5.54 Å². The normalized spacial score (nSPS) is 20.9. The molecular formula is C11H22N2O2Si. The monoisotopic (exact) mass is 242 g/mol. The van der Waals surface area contributed by atoms with E-state index >= 15 is 0 Å². The molecule has 0 unspecified atom stereocenters. The van der Waals surface area contributed by atoms with Gasteiger partial charge in [-0.15, -0.1) is 0 Å². The molecule has 5 heteroatoms. The number of likely N-dealkylation sites (N-methyl/N-ethyl adjacent to an activating group) is 1. The first-order chi connectivity index (χ1) is 7.22. The summed E-state index contributed by atoms with van der Waals surface area (Å²) in [6.07, 6.45) is 1.37. The number of hydrogen-bond acceptors (Lipinski definition) is 2. The Hall–Kier alpha value is -0.843. The van der Waals surface area contributed by atoms with Gasteiger partial charge in [-0.1, -0.05) is 33.5 Å². The summed E-state index contributed by atoms with van der Waals surface area (Å²) < 4.78 is 1.53. The van der Waals surface area contributed by atoms with Crippen LogP contribution >= 0.6 is 0 Å². The Morgan fingerprint density at radius 1 is 1.12 bits per heavy atom. The Bertz CT molecular complexity index is 318.